The van der Waals surface area contributed by atoms with Crippen LogP contribution >= 0.6 is 0 Å². The van der Waals surface area contributed by atoms with Crippen molar-refractivity contribution in [1.29, 1.82) is 0 Å². The van der Waals surface area contributed by atoms with E-state index in [2.05, 4.69) is 20.4 Å². The van der Waals surface area contributed by atoms with Gasteiger partial charge in [-0.05, 0) is 6.42 Å². The Balaban J connectivity index is 3.61. The summed E-state index contributed by atoms with van der Waals surface area (Å²) in [5, 5.41) is 5.10. The fraction of sp³-hybridized carbons (Fsp3) is 0.900. The van der Waals surface area contributed by atoms with E-state index in [-0.39, 0.29) is 32.1 Å². The SMILES string of the molecule is CN=C(NCCCOCC(F)(F)F)NCCC(F)(F)F. The molecule has 0 saturated carbocycles. The first-order valence-corrected chi connectivity index (χ1v) is 5.80. The molecule has 2 N–H and O–H groups in total. The lowest BCUT2D eigenvalue weighted by molar-refractivity contribution is -0.173. The van der Waals surface area contributed by atoms with Crippen molar-refractivity contribution in [2.24, 2.45) is 4.99 Å². The highest BCUT2D eigenvalue weighted by Crippen LogP contribution is 2.18. The Morgan fingerprint density at radius 1 is 1.00 bits per heavy atom. The van der Waals surface area contributed by atoms with Gasteiger partial charge in [0.05, 0.1) is 6.42 Å². The van der Waals surface area contributed by atoms with E-state index in [0.29, 0.717) is 0 Å². The molecule has 0 aromatic rings. The first kappa shape index (κ1) is 18.8. The van der Waals surface area contributed by atoms with Crippen molar-refractivity contribution in [3.05, 3.63) is 0 Å². The topological polar surface area (TPSA) is 45.7 Å². The Labute approximate surface area is 112 Å². The lowest BCUT2D eigenvalue weighted by atomic mass is 10.4. The van der Waals surface area contributed by atoms with Crippen LogP contribution in [0.4, 0.5) is 26.3 Å². The monoisotopic (exact) mass is 309 g/mol. The molecule has 0 rings (SSSR count). The molecule has 0 aliphatic heterocycles. The zero-order valence-corrected chi connectivity index (χ0v) is 10.9. The molecule has 0 aliphatic carbocycles. The summed E-state index contributed by atoms with van der Waals surface area (Å²) in [4.78, 5) is 3.67. The van der Waals surface area contributed by atoms with Crippen molar-refractivity contribution < 1.29 is 31.1 Å². The smallest absolute Gasteiger partial charge is 0.372 e. The molecule has 0 heterocycles. The third-order valence-electron chi connectivity index (χ3n) is 1.95. The average Bonchev–Trinajstić information content (AvgIpc) is 2.28. The van der Waals surface area contributed by atoms with Crippen LogP contribution in [0.2, 0.25) is 0 Å². The van der Waals surface area contributed by atoms with Gasteiger partial charge in [-0.15, -0.1) is 0 Å². The second-order valence-corrected chi connectivity index (χ2v) is 3.81. The second-order valence-electron chi connectivity index (χ2n) is 3.81. The highest BCUT2D eigenvalue weighted by molar-refractivity contribution is 5.79. The van der Waals surface area contributed by atoms with Crippen molar-refractivity contribution in [2.75, 3.05) is 33.4 Å². The number of rotatable bonds is 7. The van der Waals surface area contributed by atoms with E-state index < -0.39 is 25.4 Å². The summed E-state index contributed by atoms with van der Waals surface area (Å²) in [6, 6.07) is 0. The molecule has 4 nitrogen and oxygen atoms in total. The zero-order valence-electron chi connectivity index (χ0n) is 10.9. The van der Waals surface area contributed by atoms with Crippen molar-refractivity contribution in [2.45, 2.75) is 25.2 Å². The largest absolute Gasteiger partial charge is 0.411 e. The maximum Gasteiger partial charge on any atom is 0.411 e. The van der Waals surface area contributed by atoms with E-state index >= 15 is 0 Å². The number of nitrogens with one attached hydrogen (secondary N) is 2. The summed E-state index contributed by atoms with van der Waals surface area (Å²) in [6.07, 6.45) is -9.33. The van der Waals surface area contributed by atoms with Crippen LogP contribution < -0.4 is 10.6 Å². The van der Waals surface area contributed by atoms with Crippen LogP contribution in [-0.2, 0) is 4.74 Å². The lowest BCUT2D eigenvalue weighted by Gasteiger charge is -2.13. The van der Waals surface area contributed by atoms with Gasteiger partial charge >= 0.3 is 12.4 Å². The van der Waals surface area contributed by atoms with Gasteiger partial charge in [0, 0.05) is 26.7 Å². The van der Waals surface area contributed by atoms with E-state index in [1.54, 1.807) is 0 Å². The molecule has 20 heavy (non-hydrogen) atoms. The second kappa shape index (κ2) is 8.88. The number of nitrogens with zero attached hydrogens (tertiary/aromatic N) is 1. The maximum atomic E-state index is 11.9. The van der Waals surface area contributed by atoms with Crippen LogP contribution in [0.25, 0.3) is 0 Å². The first-order valence-electron chi connectivity index (χ1n) is 5.80. The Bertz CT molecular complexity index is 290. The molecule has 0 fully saturated rings. The number of hydrogen-bond donors (Lipinski definition) is 2. The van der Waals surface area contributed by atoms with Gasteiger partial charge in [-0.25, -0.2) is 0 Å². The molecule has 0 atom stereocenters. The van der Waals surface area contributed by atoms with Gasteiger partial charge in [0.1, 0.15) is 6.61 Å². The minimum atomic E-state index is -4.36. The molecular formula is C10H17F6N3O. The number of aliphatic imine (C=N–C) groups is 1. The summed E-state index contributed by atoms with van der Waals surface area (Å²) in [7, 11) is 1.38. The van der Waals surface area contributed by atoms with Crippen LogP contribution in [0.1, 0.15) is 12.8 Å². The number of guanidine groups is 1. The normalized spacial score (nSPS) is 13.4. The molecule has 0 aromatic heterocycles. The number of alkyl halides is 6. The van der Waals surface area contributed by atoms with Gasteiger partial charge in [0.15, 0.2) is 5.96 Å². The predicted octanol–water partition coefficient (Wildman–Crippen LogP) is 2.07. The van der Waals surface area contributed by atoms with Gasteiger partial charge in [-0.3, -0.25) is 4.99 Å². The molecular weight excluding hydrogens is 292 g/mol. The van der Waals surface area contributed by atoms with Crippen LogP contribution in [0.5, 0.6) is 0 Å². The first-order chi connectivity index (χ1) is 9.14. The zero-order chi connectivity index (χ0) is 15.6. The van der Waals surface area contributed by atoms with Crippen molar-refractivity contribution in [3.8, 4) is 0 Å². The molecule has 10 heteroatoms. The van der Waals surface area contributed by atoms with Crippen LogP contribution in [0, 0.1) is 0 Å². The molecule has 0 aliphatic rings. The van der Waals surface area contributed by atoms with Gasteiger partial charge in [-0.2, -0.15) is 26.3 Å². The van der Waals surface area contributed by atoms with E-state index in [1.165, 1.54) is 7.05 Å². The van der Waals surface area contributed by atoms with E-state index in [9.17, 15) is 26.3 Å². The minimum absolute atomic E-state index is 0.105. The molecule has 0 unspecified atom stereocenters. The molecule has 0 amide bonds. The molecule has 120 valence electrons. The molecule has 0 bridgehead atoms. The van der Waals surface area contributed by atoms with Crippen LogP contribution in [-0.4, -0.2) is 51.7 Å². The minimum Gasteiger partial charge on any atom is -0.372 e. The molecule has 0 spiro atoms. The van der Waals surface area contributed by atoms with E-state index in [0.717, 1.165) is 0 Å². The number of ether oxygens (including phenoxy) is 1. The van der Waals surface area contributed by atoms with Gasteiger partial charge in [0.25, 0.3) is 0 Å². The summed E-state index contributed by atoms with van der Waals surface area (Å²) < 4.78 is 75.2. The van der Waals surface area contributed by atoms with Gasteiger partial charge in [-0.1, -0.05) is 0 Å². The fourth-order valence-corrected chi connectivity index (χ4v) is 1.11. The summed E-state index contributed by atoms with van der Waals surface area (Å²) >= 11 is 0. The third kappa shape index (κ3) is 13.2. The standard InChI is InChI=1S/C10H17F6N3O/c1-17-8(19-5-3-9(11,12)13)18-4-2-6-20-7-10(14,15)16/h2-7H2,1H3,(H2,17,18,19). The third-order valence-corrected chi connectivity index (χ3v) is 1.95. The van der Waals surface area contributed by atoms with E-state index in [1.807, 2.05) is 0 Å². The van der Waals surface area contributed by atoms with Crippen molar-refractivity contribution in [3.63, 3.8) is 0 Å². The van der Waals surface area contributed by atoms with Crippen LogP contribution in [0.3, 0.4) is 0 Å². The van der Waals surface area contributed by atoms with Crippen molar-refractivity contribution >= 4 is 5.96 Å². The van der Waals surface area contributed by atoms with E-state index in [4.69, 9.17) is 0 Å². The van der Waals surface area contributed by atoms with Gasteiger partial charge in [0.2, 0.25) is 0 Å². The Hall–Kier alpha value is -1.19. The molecule has 0 aromatic carbocycles. The predicted molar refractivity (Wildman–Crippen MR) is 61.5 cm³/mol. The Morgan fingerprint density at radius 3 is 2.10 bits per heavy atom. The quantitative estimate of drug-likeness (QED) is 0.327. The van der Waals surface area contributed by atoms with Crippen LogP contribution in [0.15, 0.2) is 4.99 Å². The summed E-state index contributed by atoms with van der Waals surface area (Å²) in [5.41, 5.74) is 0. The summed E-state index contributed by atoms with van der Waals surface area (Å²) in [6.45, 7) is -1.51. The average molecular weight is 309 g/mol. The Kier molecular flexibility index (Phi) is 8.35. The number of hydrogen-bond acceptors (Lipinski definition) is 2. The Morgan fingerprint density at radius 2 is 1.60 bits per heavy atom. The summed E-state index contributed by atoms with van der Waals surface area (Å²) in [5.74, 6) is 0.157. The van der Waals surface area contributed by atoms with Gasteiger partial charge < -0.3 is 15.4 Å². The molecule has 0 saturated heterocycles. The van der Waals surface area contributed by atoms with Crippen molar-refractivity contribution in [1.82, 2.24) is 10.6 Å². The fourth-order valence-electron chi connectivity index (χ4n) is 1.11. The lowest BCUT2D eigenvalue weighted by Crippen LogP contribution is -2.39. The maximum absolute atomic E-state index is 11.9. The number of halogens is 6. The molecule has 0 radical (unpaired) electrons. The highest BCUT2D eigenvalue weighted by Gasteiger charge is 2.27. The highest BCUT2D eigenvalue weighted by atomic mass is 19.4.